The molecule has 168 valence electrons. The number of amides is 2. The van der Waals surface area contributed by atoms with Crippen LogP contribution >= 0.6 is 0 Å². The Morgan fingerprint density at radius 1 is 1.31 bits per heavy atom. The number of benzene rings is 1. The number of aliphatic hydroxyl groups excluding tert-OH is 1. The number of nitrogens with two attached hydrogens (primary N) is 1. The first-order valence-corrected chi connectivity index (χ1v) is 10.4. The van der Waals surface area contributed by atoms with Crippen LogP contribution in [-0.2, 0) is 18.4 Å². The minimum Gasteiger partial charge on any atom is -0.488 e. The molecule has 0 spiro atoms. The first-order chi connectivity index (χ1) is 15.3. The first kappa shape index (κ1) is 21.6. The Balaban J connectivity index is 1.84. The van der Waals surface area contributed by atoms with E-state index in [0.717, 1.165) is 0 Å². The van der Waals surface area contributed by atoms with E-state index in [1.54, 1.807) is 49.3 Å². The maximum Gasteiger partial charge on any atom is 0.256 e. The van der Waals surface area contributed by atoms with Gasteiger partial charge >= 0.3 is 0 Å². The molecular formula is C23H25N3O6. The summed E-state index contributed by atoms with van der Waals surface area (Å²) in [4.78, 5) is 39.3. The van der Waals surface area contributed by atoms with E-state index in [2.05, 4.69) is 0 Å². The average Bonchev–Trinajstić information content (AvgIpc) is 3.28. The van der Waals surface area contributed by atoms with Crippen molar-refractivity contribution in [3.8, 4) is 5.75 Å². The van der Waals surface area contributed by atoms with Crippen LogP contribution < -0.4 is 16.0 Å². The van der Waals surface area contributed by atoms with Gasteiger partial charge in [-0.3, -0.25) is 14.4 Å². The number of β-amino-alcohol motifs (C(OH)–C–C–N with tert-alkyl or cyclic N) is 1. The van der Waals surface area contributed by atoms with Crippen LogP contribution in [0.25, 0.3) is 11.0 Å². The van der Waals surface area contributed by atoms with Gasteiger partial charge in [0, 0.05) is 37.3 Å². The summed E-state index contributed by atoms with van der Waals surface area (Å²) in [6.45, 7) is 2.21. The molecule has 1 aliphatic rings. The zero-order valence-corrected chi connectivity index (χ0v) is 18.0. The molecule has 9 heteroatoms. The van der Waals surface area contributed by atoms with Crippen LogP contribution in [0.4, 0.5) is 0 Å². The Kier molecular flexibility index (Phi) is 5.75. The summed E-state index contributed by atoms with van der Waals surface area (Å²) in [5.74, 6) is -0.666. The normalized spacial score (nSPS) is 16.2. The molecular weight excluding hydrogens is 414 g/mol. The zero-order chi connectivity index (χ0) is 23.0. The second kappa shape index (κ2) is 8.51. The molecule has 1 atom stereocenters. The molecule has 0 bridgehead atoms. The van der Waals surface area contributed by atoms with Gasteiger partial charge in [-0.15, -0.1) is 0 Å². The van der Waals surface area contributed by atoms with Crippen molar-refractivity contribution in [1.29, 1.82) is 0 Å². The minimum atomic E-state index is -0.658. The Bertz CT molecular complexity index is 1260. The number of aryl methyl sites for hydroxylation is 2. The lowest BCUT2D eigenvalue weighted by atomic mass is 9.91. The van der Waals surface area contributed by atoms with Gasteiger partial charge in [-0.25, -0.2) is 0 Å². The number of rotatable bonds is 7. The lowest BCUT2D eigenvalue weighted by molar-refractivity contribution is -0.129. The summed E-state index contributed by atoms with van der Waals surface area (Å²) in [6, 6.07) is 6.78. The summed E-state index contributed by atoms with van der Waals surface area (Å²) in [6.07, 6.45) is 2.15. The van der Waals surface area contributed by atoms with Crippen molar-refractivity contribution in [2.75, 3.05) is 19.7 Å². The number of ether oxygens (including phenoxy) is 1. The predicted molar refractivity (Wildman–Crippen MR) is 117 cm³/mol. The van der Waals surface area contributed by atoms with Crippen LogP contribution in [0.1, 0.15) is 39.6 Å². The fourth-order valence-electron chi connectivity index (χ4n) is 4.35. The molecule has 0 radical (unpaired) electrons. The van der Waals surface area contributed by atoms with E-state index in [0.29, 0.717) is 46.6 Å². The molecule has 9 nitrogen and oxygen atoms in total. The van der Waals surface area contributed by atoms with Crippen molar-refractivity contribution in [2.45, 2.75) is 25.9 Å². The molecule has 3 N–H and O–H groups in total. The molecule has 2 aromatic heterocycles. The number of nitrogens with zero attached hydrogens (tertiary/aromatic N) is 2. The molecule has 0 saturated carbocycles. The number of fused-ring (bicyclic) bond motifs is 1. The highest BCUT2D eigenvalue weighted by Gasteiger charge is 2.37. The quantitative estimate of drug-likeness (QED) is 0.573. The molecule has 1 aliphatic heterocycles. The van der Waals surface area contributed by atoms with Crippen molar-refractivity contribution in [1.82, 2.24) is 9.47 Å². The highest BCUT2D eigenvalue weighted by Crippen LogP contribution is 2.42. The number of hydrogen-bond donors (Lipinski definition) is 2. The van der Waals surface area contributed by atoms with Crippen LogP contribution in [-0.4, -0.2) is 46.1 Å². The van der Waals surface area contributed by atoms with Gasteiger partial charge in [0.25, 0.3) is 11.5 Å². The number of carbonyl (C=O) groups excluding carboxylic acids is 2. The van der Waals surface area contributed by atoms with Gasteiger partial charge in [-0.1, -0.05) is 0 Å². The largest absolute Gasteiger partial charge is 0.488 e. The average molecular weight is 439 g/mol. The second-order valence-electron chi connectivity index (χ2n) is 7.88. The standard InChI is InChI=1S/C23H25N3O6/c1-13-18(21(24)28)20-17(32-13)6-5-16(31-12-14-4-3-8-25(2)22(14)29)19(20)15-7-9-26(10-11-27)23(15)30/h3-6,8,15,27H,7,9-12H2,1-2H3,(H2,24,28). The zero-order valence-electron chi connectivity index (χ0n) is 18.0. The van der Waals surface area contributed by atoms with E-state index in [-0.39, 0.29) is 36.8 Å². The van der Waals surface area contributed by atoms with Crippen LogP contribution in [0.15, 0.2) is 39.7 Å². The third-order valence-corrected chi connectivity index (χ3v) is 5.88. The van der Waals surface area contributed by atoms with Crippen molar-refractivity contribution in [2.24, 2.45) is 12.8 Å². The topological polar surface area (TPSA) is 128 Å². The molecule has 32 heavy (non-hydrogen) atoms. The lowest BCUT2D eigenvalue weighted by Gasteiger charge is -2.19. The Labute approximate surface area is 184 Å². The van der Waals surface area contributed by atoms with E-state index in [4.69, 9.17) is 14.9 Å². The van der Waals surface area contributed by atoms with Gasteiger partial charge in [0.15, 0.2) is 0 Å². The lowest BCUT2D eigenvalue weighted by Crippen LogP contribution is -2.29. The van der Waals surface area contributed by atoms with Crippen LogP contribution in [0.2, 0.25) is 0 Å². The maximum atomic E-state index is 13.1. The smallest absolute Gasteiger partial charge is 0.256 e. The predicted octanol–water partition coefficient (Wildman–Crippen LogP) is 1.43. The number of pyridine rings is 1. The number of likely N-dealkylation sites (tertiary alicyclic amines) is 1. The van der Waals surface area contributed by atoms with E-state index < -0.39 is 11.8 Å². The molecule has 1 saturated heterocycles. The Morgan fingerprint density at radius 3 is 2.81 bits per heavy atom. The summed E-state index contributed by atoms with van der Waals surface area (Å²) >= 11 is 0. The number of carbonyl (C=O) groups is 2. The number of primary amides is 1. The molecule has 1 unspecified atom stereocenters. The SMILES string of the molecule is Cc1oc2ccc(OCc3cccn(C)c3=O)c(C3CCN(CCO)C3=O)c2c1C(N)=O. The molecule has 1 fully saturated rings. The highest BCUT2D eigenvalue weighted by atomic mass is 16.5. The van der Waals surface area contributed by atoms with E-state index in [1.807, 2.05) is 0 Å². The summed E-state index contributed by atoms with van der Waals surface area (Å²) < 4.78 is 13.2. The number of aliphatic hydroxyl groups is 1. The van der Waals surface area contributed by atoms with Gasteiger partial charge in [-0.2, -0.15) is 0 Å². The van der Waals surface area contributed by atoms with Gasteiger partial charge in [0.05, 0.1) is 23.7 Å². The molecule has 3 aromatic rings. The minimum absolute atomic E-state index is 0.00395. The number of aromatic nitrogens is 1. The number of furan rings is 1. The monoisotopic (exact) mass is 439 g/mol. The van der Waals surface area contributed by atoms with Gasteiger partial charge in [0.1, 0.15) is 23.7 Å². The molecule has 4 rings (SSSR count). The highest BCUT2D eigenvalue weighted by molar-refractivity contribution is 6.09. The Morgan fingerprint density at radius 2 is 2.09 bits per heavy atom. The van der Waals surface area contributed by atoms with Crippen molar-refractivity contribution in [3.63, 3.8) is 0 Å². The Hall–Kier alpha value is -3.59. The van der Waals surface area contributed by atoms with E-state index >= 15 is 0 Å². The fraction of sp³-hybridized carbons (Fsp3) is 0.348. The van der Waals surface area contributed by atoms with Gasteiger partial charge in [0.2, 0.25) is 5.91 Å². The van der Waals surface area contributed by atoms with Crippen LogP contribution in [0, 0.1) is 6.92 Å². The summed E-state index contributed by atoms with van der Waals surface area (Å²) in [5, 5.41) is 9.74. The summed E-state index contributed by atoms with van der Waals surface area (Å²) in [5.41, 5.74) is 7.08. The van der Waals surface area contributed by atoms with E-state index in [9.17, 15) is 19.5 Å². The first-order valence-electron chi connectivity index (χ1n) is 10.4. The van der Waals surface area contributed by atoms with Crippen molar-refractivity contribution in [3.05, 3.63) is 63.3 Å². The third kappa shape index (κ3) is 3.64. The van der Waals surface area contributed by atoms with E-state index in [1.165, 1.54) is 4.57 Å². The molecule has 1 aromatic carbocycles. The van der Waals surface area contributed by atoms with Crippen LogP contribution in [0.5, 0.6) is 5.75 Å². The van der Waals surface area contributed by atoms with Gasteiger partial charge < -0.3 is 29.5 Å². The molecule has 2 amide bonds. The van der Waals surface area contributed by atoms with Crippen LogP contribution in [0.3, 0.4) is 0 Å². The van der Waals surface area contributed by atoms with Crippen molar-refractivity contribution < 1.29 is 23.8 Å². The number of hydrogen-bond acceptors (Lipinski definition) is 6. The summed E-state index contributed by atoms with van der Waals surface area (Å²) in [7, 11) is 1.66. The second-order valence-corrected chi connectivity index (χ2v) is 7.88. The van der Waals surface area contributed by atoms with Gasteiger partial charge in [-0.05, 0) is 37.6 Å². The fourth-order valence-corrected chi connectivity index (χ4v) is 4.35. The molecule has 0 aliphatic carbocycles. The molecule has 3 heterocycles. The van der Waals surface area contributed by atoms with Crippen molar-refractivity contribution >= 4 is 22.8 Å². The third-order valence-electron chi connectivity index (χ3n) is 5.88. The maximum absolute atomic E-state index is 13.1.